The lowest BCUT2D eigenvalue weighted by Gasteiger charge is -2.12. The number of nitrogens with one attached hydrogen (secondary N) is 2. The molecule has 0 aromatic heterocycles. The van der Waals surface area contributed by atoms with E-state index in [2.05, 4.69) is 10.6 Å². The summed E-state index contributed by atoms with van der Waals surface area (Å²) in [6.07, 6.45) is 0. The number of carbonyl (C=O) groups excluding carboxylic acids is 1. The zero-order valence-corrected chi connectivity index (χ0v) is 11.1. The molecule has 2 aromatic carbocycles. The molecule has 0 aliphatic rings. The molecule has 0 aliphatic carbocycles. The molecule has 5 heteroatoms. The van der Waals surface area contributed by atoms with Crippen LogP contribution in [0.15, 0.2) is 42.5 Å². The molecule has 0 saturated heterocycles. The third-order valence-electron chi connectivity index (χ3n) is 3.04. The molecule has 104 valence electrons. The molecule has 0 fully saturated rings. The molecule has 3 N–H and O–H groups in total. The smallest absolute Gasteiger partial charge is 0.325 e. The van der Waals surface area contributed by atoms with Gasteiger partial charge in [0.25, 0.3) is 0 Å². The lowest BCUT2D eigenvalue weighted by molar-refractivity contribution is -0.138. The summed E-state index contributed by atoms with van der Waals surface area (Å²) in [5.41, 5.74) is 0.987. The number of urea groups is 1. The van der Waals surface area contributed by atoms with Gasteiger partial charge in [-0.2, -0.15) is 0 Å². The van der Waals surface area contributed by atoms with E-state index in [1.54, 1.807) is 0 Å². The van der Waals surface area contributed by atoms with E-state index < -0.39 is 18.0 Å². The molecule has 2 rings (SSSR count). The van der Waals surface area contributed by atoms with Gasteiger partial charge in [-0.25, -0.2) is 4.79 Å². The lowest BCUT2D eigenvalue weighted by Crippen LogP contribution is -2.44. The number of hydrogen-bond donors (Lipinski definition) is 3. The molecule has 1 atom stereocenters. The van der Waals surface area contributed by atoms with Crippen molar-refractivity contribution in [1.29, 1.82) is 0 Å². The third-order valence-corrected chi connectivity index (χ3v) is 3.04. The number of benzene rings is 2. The van der Waals surface area contributed by atoms with Gasteiger partial charge in [-0.3, -0.25) is 4.79 Å². The first kappa shape index (κ1) is 13.9. The number of aliphatic carboxylic acids is 1. The number of carboxylic acids is 1. The average Bonchev–Trinajstić information content (AvgIpc) is 2.44. The fraction of sp³-hybridized carbons (Fsp3) is 0.200. The Kier molecular flexibility index (Phi) is 4.20. The summed E-state index contributed by atoms with van der Waals surface area (Å²) in [7, 11) is 0. The molecule has 2 amide bonds. The van der Waals surface area contributed by atoms with Gasteiger partial charge in [-0.1, -0.05) is 42.5 Å². The van der Waals surface area contributed by atoms with Crippen molar-refractivity contribution in [2.24, 2.45) is 0 Å². The van der Waals surface area contributed by atoms with E-state index in [0.717, 1.165) is 16.3 Å². The largest absolute Gasteiger partial charge is 0.480 e. The number of carbonyl (C=O) groups is 2. The van der Waals surface area contributed by atoms with Gasteiger partial charge in [0.15, 0.2) is 0 Å². The van der Waals surface area contributed by atoms with E-state index in [1.165, 1.54) is 6.92 Å². The Labute approximate surface area is 116 Å². The second-order valence-corrected chi connectivity index (χ2v) is 4.53. The van der Waals surface area contributed by atoms with Crippen LogP contribution in [0.5, 0.6) is 0 Å². The number of amides is 2. The van der Waals surface area contributed by atoms with Crippen LogP contribution < -0.4 is 10.6 Å². The highest BCUT2D eigenvalue weighted by Gasteiger charge is 2.13. The van der Waals surface area contributed by atoms with Crippen LogP contribution in [0.1, 0.15) is 12.5 Å². The van der Waals surface area contributed by atoms with Gasteiger partial charge in [0.05, 0.1) is 0 Å². The van der Waals surface area contributed by atoms with E-state index in [1.807, 2.05) is 42.5 Å². The minimum Gasteiger partial charge on any atom is -0.480 e. The fourth-order valence-electron chi connectivity index (χ4n) is 1.93. The SMILES string of the molecule is C[C@@H](NC(=O)NCc1cccc2ccccc12)C(=O)O. The highest BCUT2D eigenvalue weighted by atomic mass is 16.4. The number of hydrogen-bond acceptors (Lipinski definition) is 2. The van der Waals surface area contributed by atoms with E-state index >= 15 is 0 Å². The van der Waals surface area contributed by atoms with Gasteiger partial charge in [-0.15, -0.1) is 0 Å². The van der Waals surface area contributed by atoms with Crippen LogP contribution >= 0.6 is 0 Å². The first-order valence-electron chi connectivity index (χ1n) is 6.32. The summed E-state index contributed by atoms with van der Waals surface area (Å²) in [6.45, 7) is 1.76. The van der Waals surface area contributed by atoms with Crippen molar-refractivity contribution in [1.82, 2.24) is 10.6 Å². The molecule has 0 spiro atoms. The van der Waals surface area contributed by atoms with Crippen molar-refractivity contribution in [2.45, 2.75) is 19.5 Å². The highest BCUT2D eigenvalue weighted by molar-refractivity contribution is 5.86. The van der Waals surface area contributed by atoms with Crippen molar-refractivity contribution in [3.8, 4) is 0 Å². The Bertz CT molecular complexity index is 635. The second kappa shape index (κ2) is 6.06. The second-order valence-electron chi connectivity index (χ2n) is 4.53. The minimum atomic E-state index is -1.06. The Morgan fingerprint density at radius 3 is 2.60 bits per heavy atom. The summed E-state index contributed by atoms with van der Waals surface area (Å²) >= 11 is 0. The first-order valence-corrected chi connectivity index (χ1v) is 6.32. The quantitative estimate of drug-likeness (QED) is 0.797. The molecule has 0 heterocycles. The monoisotopic (exact) mass is 272 g/mol. The zero-order chi connectivity index (χ0) is 14.5. The minimum absolute atomic E-state index is 0.347. The Balaban J connectivity index is 2.03. The first-order chi connectivity index (χ1) is 9.58. The third kappa shape index (κ3) is 3.26. The van der Waals surface area contributed by atoms with E-state index in [0.29, 0.717) is 6.54 Å². The van der Waals surface area contributed by atoms with Crippen LogP contribution in [-0.4, -0.2) is 23.1 Å². The van der Waals surface area contributed by atoms with Gasteiger partial charge in [0, 0.05) is 6.54 Å². The maximum atomic E-state index is 11.6. The maximum absolute atomic E-state index is 11.6. The fourth-order valence-corrected chi connectivity index (χ4v) is 1.93. The summed E-state index contributed by atoms with van der Waals surface area (Å²) in [5.74, 6) is -1.06. The summed E-state index contributed by atoms with van der Waals surface area (Å²) in [5, 5.41) is 15.9. The Hall–Kier alpha value is -2.56. The predicted molar refractivity (Wildman–Crippen MR) is 76.4 cm³/mol. The molecule has 0 aliphatic heterocycles. The molecule has 5 nitrogen and oxygen atoms in total. The summed E-state index contributed by atoms with van der Waals surface area (Å²) in [6, 6.07) is 12.4. The van der Waals surface area contributed by atoms with Crippen LogP contribution in [-0.2, 0) is 11.3 Å². The van der Waals surface area contributed by atoms with Crippen molar-refractivity contribution in [2.75, 3.05) is 0 Å². The van der Waals surface area contributed by atoms with E-state index in [9.17, 15) is 9.59 Å². The number of fused-ring (bicyclic) bond motifs is 1. The van der Waals surface area contributed by atoms with Crippen LogP contribution in [0.3, 0.4) is 0 Å². The molecular weight excluding hydrogens is 256 g/mol. The Morgan fingerprint density at radius 2 is 1.85 bits per heavy atom. The topological polar surface area (TPSA) is 78.4 Å². The maximum Gasteiger partial charge on any atom is 0.325 e. The zero-order valence-electron chi connectivity index (χ0n) is 11.1. The van der Waals surface area contributed by atoms with Gasteiger partial charge in [-0.05, 0) is 23.3 Å². The number of carboxylic acid groups (broad SMARTS) is 1. The molecule has 0 unspecified atom stereocenters. The van der Waals surface area contributed by atoms with Crippen LogP contribution in [0.4, 0.5) is 4.79 Å². The van der Waals surface area contributed by atoms with E-state index in [-0.39, 0.29) is 0 Å². The van der Waals surface area contributed by atoms with Gasteiger partial charge < -0.3 is 15.7 Å². The van der Waals surface area contributed by atoms with Crippen LogP contribution in [0.25, 0.3) is 10.8 Å². The van der Waals surface area contributed by atoms with Crippen molar-refractivity contribution < 1.29 is 14.7 Å². The van der Waals surface area contributed by atoms with Gasteiger partial charge >= 0.3 is 12.0 Å². The summed E-state index contributed by atoms with van der Waals surface area (Å²) in [4.78, 5) is 22.2. The van der Waals surface area contributed by atoms with Crippen LogP contribution in [0, 0.1) is 0 Å². The van der Waals surface area contributed by atoms with Crippen LogP contribution in [0.2, 0.25) is 0 Å². The molecular formula is C15H16N2O3. The normalized spacial score (nSPS) is 11.8. The van der Waals surface area contributed by atoms with Crippen molar-refractivity contribution >= 4 is 22.8 Å². The van der Waals surface area contributed by atoms with Gasteiger partial charge in [0.1, 0.15) is 6.04 Å². The highest BCUT2D eigenvalue weighted by Crippen LogP contribution is 2.18. The Morgan fingerprint density at radius 1 is 1.15 bits per heavy atom. The molecule has 20 heavy (non-hydrogen) atoms. The summed E-state index contributed by atoms with van der Waals surface area (Å²) < 4.78 is 0. The van der Waals surface area contributed by atoms with Crippen molar-refractivity contribution in [3.63, 3.8) is 0 Å². The molecule has 0 bridgehead atoms. The van der Waals surface area contributed by atoms with Crippen molar-refractivity contribution in [3.05, 3.63) is 48.0 Å². The number of rotatable bonds is 4. The van der Waals surface area contributed by atoms with E-state index in [4.69, 9.17) is 5.11 Å². The predicted octanol–water partition coefficient (Wildman–Crippen LogP) is 2.11. The standard InChI is InChI=1S/C15H16N2O3/c1-10(14(18)19)17-15(20)16-9-12-7-4-6-11-5-2-3-8-13(11)12/h2-8,10H,9H2,1H3,(H,18,19)(H2,16,17,20)/t10-/m1/s1. The average molecular weight is 272 g/mol. The molecule has 2 aromatic rings. The molecule has 0 radical (unpaired) electrons. The lowest BCUT2D eigenvalue weighted by atomic mass is 10.0. The molecule has 0 saturated carbocycles. The van der Waals surface area contributed by atoms with Gasteiger partial charge in [0.2, 0.25) is 0 Å².